The van der Waals surface area contributed by atoms with Crippen molar-refractivity contribution in [1.29, 1.82) is 5.41 Å². The number of guanidine groups is 1. The first kappa shape index (κ1) is 25.3. The molecule has 1 aliphatic rings. The number of hydrogen-bond acceptors (Lipinski definition) is 6. The van der Waals surface area contributed by atoms with Gasteiger partial charge in [-0.1, -0.05) is 13.8 Å². The van der Waals surface area contributed by atoms with Gasteiger partial charge in [-0.25, -0.2) is 0 Å². The number of carbonyl (C=O) groups excluding carboxylic acids is 4. The zero-order valence-corrected chi connectivity index (χ0v) is 17.8. The van der Waals surface area contributed by atoms with Crippen LogP contribution in [0.5, 0.6) is 0 Å². The van der Waals surface area contributed by atoms with Gasteiger partial charge in [0.15, 0.2) is 11.7 Å². The van der Waals surface area contributed by atoms with Gasteiger partial charge in [0.25, 0.3) is 0 Å². The fourth-order valence-electron chi connectivity index (χ4n) is 3.54. The third-order valence-corrected chi connectivity index (χ3v) is 4.92. The Hall–Kier alpha value is -2.69. The second-order valence-corrected chi connectivity index (χ2v) is 8.08. The lowest BCUT2D eigenvalue weighted by Crippen LogP contribution is -2.55. The van der Waals surface area contributed by atoms with E-state index in [2.05, 4.69) is 10.6 Å². The molecule has 1 aliphatic heterocycles. The van der Waals surface area contributed by atoms with Crippen molar-refractivity contribution in [2.24, 2.45) is 23.1 Å². The summed E-state index contributed by atoms with van der Waals surface area (Å²) in [4.78, 5) is 50.5. The van der Waals surface area contributed by atoms with E-state index in [1.165, 1.54) is 4.90 Å². The molecule has 0 saturated carbocycles. The molecule has 1 heterocycles. The molecular weight excluding hydrogens is 390 g/mol. The lowest BCUT2D eigenvalue weighted by atomic mass is 10.0. The molecule has 0 aromatic heterocycles. The third-order valence-electron chi connectivity index (χ3n) is 4.92. The van der Waals surface area contributed by atoms with Crippen LogP contribution in [-0.2, 0) is 19.2 Å². The van der Waals surface area contributed by atoms with Crippen molar-refractivity contribution in [2.75, 3.05) is 13.1 Å². The van der Waals surface area contributed by atoms with Gasteiger partial charge in [0.2, 0.25) is 17.7 Å². The molecule has 0 unspecified atom stereocenters. The molecule has 0 aromatic rings. The number of rotatable bonds is 12. The van der Waals surface area contributed by atoms with Crippen molar-refractivity contribution in [3.05, 3.63) is 0 Å². The number of Topliss-reactive ketones (excluding diaryl/α,β-unsaturated/α-hetero) is 1. The second-order valence-electron chi connectivity index (χ2n) is 8.08. The highest BCUT2D eigenvalue weighted by Crippen LogP contribution is 2.21. The van der Waals surface area contributed by atoms with E-state index in [1.807, 2.05) is 13.8 Å². The molecule has 3 atom stereocenters. The standard InChI is InChI=1S/C19H35N7O4/c1-11(2)9-12(20)17(29)25-13(5-3-7-24-19(22)23)18(30)26-8-4-6-14(26)15(27)10-16(21)28/h11-14H,3-10,20H2,1-2H3,(H2,21,28)(H,25,29)(H4,22,23,24)/t12-,13-,14-/m0/s1. The maximum absolute atomic E-state index is 13.2. The Kier molecular flexibility index (Phi) is 10.2. The minimum atomic E-state index is -0.869. The number of nitrogens with two attached hydrogens (primary N) is 3. The van der Waals surface area contributed by atoms with Crippen molar-refractivity contribution >= 4 is 29.5 Å². The van der Waals surface area contributed by atoms with Crippen LogP contribution in [-0.4, -0.2) is 65.6 Å². The molecule has 3 amide bonds. The molecule has 0 aromatic carbocycles. The molecule has 0 bridgehead atoms. The molecule has 11 heteroatoms. The smallest absolute Gasteiger partial charge is 0.245 e. The van der Waals surface area contributed by atoms with Crippen LogP contribution in [0.15, 0.2) is 0 Å². The number of nitrogens with zero attached hydrogens (tertiary/aromatic N) is 1. The molecule has 1 fully saturated rings. The number of ketones is 1. The van der Waals surface area contributed by atoms with E-state index in [1.54, 1.807) is 0 Å². The molecule has 170 valence electrons. The van der Waals surface area contributed by atoms with Crippen molar-refractivity contribution in [3.8, 4) is 0 Å². The number of likely N-dealkylation sites (tertiary alicyclic amines) is 1. The molecular formula is C19H35N7O4. The highest BCUT2D eigenvalue weighted by atomic mass is 16.2. The normalized spacial score (nSPS) is 18.0. The van der Waals surface area contributed by atoms with Gasteiger partial charge in [-0.05, 0) is 38.0 Å². The van der Waals surface area contributed by atoms with Gasteiger partial charge in [-0.3, -0.25) is 24.6 Å². The first-order chi connectivity index (χ1) is 14.0. The predicted molar refractivity (Wildman–Crippen MR) is 112 cm³/mol. The molecule has 1 saturated heterocycles. The number of primary amides is 1. The Labute approximate surface area is 177 Å². The molecule has 1 rings (SSSR count). The first-order valence-corrected chi connectivity index (χ1v) is 10.3. The maximum Gasteiger partial charge on any atom is 0.245 e. The molecule has 11 nitrogen and oxygen atoms in total. The van der Waals surface area contributed by atoms with Crippen LogP contribution in [0.4, 0.5) is 0 Å². The van der Waals surface area contributed by atoms with E-state index in [4.69, 9.17) is 22.6 Å². The van der Waals surface area contributed by atoms with Crippen LogP contribution >= 0.6 is 0 Å². The van der Waals surface area contributed by atoms with Crippen molar-refractivity contribution in [1.82, 2.24) is 15.5 Å². The van der Waals surface area contributed by atoms with E-state index in [9.17, 15) is 19.2 Å². The lowest BCUT2D eigenvalue weighted by molar-refractivity contribution is -0.142. The summed E-state index contributed by atoms with van der Waals surface area (Å²) >= 11 is 0. The van der Waals surface area contributed by atoms with E-state index < -0.39 is 42.1 Å². The Bertz CT molecular complexity index is 653. The number of nitrogens with one attached hydrogen (secondary N) is 3. The van der Waals surface area contributed by atoms with Crippen LogP contribution < -0.4 is 27.8 Å². The number of amides is 3. The predicted octanol–water partition coefficient (Wildman–Crippen LogP) is -1.46. The molecule has 9 N–H and O–H groups in total. The quantitative estimate of drug-likeness (QED) is 0.0950. The average Bonchev–Trinajstić information content (AvgIpc) is 3.12. The SMILES string of the molecule is CC(C)C[C@H](N)C(=O)N[C@@H](CCCNC(=N)N)C(=O)N1CCC[C@H]1C(=O)CC(N)=O. The zero-order valence-electron chi connectivity index (χ0n) is 17.8. The number of hydrogen-bond donors (Lipinski definition) is 6. The monoisotopic (exact) mass is 425 g/mol. The topological polar surface area (TPSA) is 197 Å². The fraction of sp³-hybridized carbons (Fsp3) is 0.737. The highest BCUT2D eigenvalue weighted by molar-refractivity contribution is 6.02. The van der Waals surface area contributed by atoms with Gasteiger partial charge in [0.1, 0.15) is 6.04 Å². The van der Waals surface area contributed by atoms with Crippen LogP contribution in [0.25, 0.3) is 0 Å². The van der Waals surface area contributed by atoms with Gasteiger partial charge in [0, 0.05) is 13.1 Å². The van der Waals surface area contributed by atoms with Crippen molar-refractivity contribution in [2.45, 2.75) is 70.5 Å². The molecule has 0 radical (unpaired) electrons. The van der Waals surface area contributed by atoms with Gasteiger partial charge < -0.3 is 32.7 Å². The second kappa shape index (κ2) is 12.1. The zero-order chi connectivity index (χ0) is 22.8. The fourth-order valence-corrected chi connectivity index (χ4v) is 3.54. The van der Waals surface area contributed by atoms with Crippen LogP contribution in [0.3, 0.4) is 0 Å². The van der Waals surface area contributed by atoms with Crippen LogP contribution in [0.2, 0.25) is 0 Å². The van der Waals surface area contributed by atoms with Gasteiger partial charge >= 0.3 is 0 Å². The van der Waals surface area contributed by atoms with Gasteiger partial charge in [-0.2, -0.15) is 0 Å². The molecule has 30 heavy (non-hydrogen) atoms. The summed E-state index contributed by atoms with van der Waals surface area (Å²) in [6.45, 7) is 4.62. The lowest BCUT2D eigenvalue weighted by Gasteiger charge is -2.29. The highest BCUT2D eigenvalue weighted by Gasteiger charge is 2.37. The van der Waals surface area contributed by atoms with E-state index in [0.717, 1.165) is 0 Å². The van der Waals surface area contributed by atoms with Crippen molar-refractivity contribution in [3.63, 3.8) is 0 Å². The van der Waals surface area contributed by atoms with Crippen molar-refractivity contribution < 1.29 is 19.2 Å². The Morgan fingerprint density at radius 2 is 1.87 bits per heavy atom. The molecule has 0 spiro atoms. The molecule has 0 aliphatic carbocycles. The Morgan fingerprint density at radius 1 is 1.20 bits per heavy atom. The Morgan fingerprint density at radius 3 is 2.43 bits per heavy atom. The van der Waals surface area contributed by atoms with Crippen LogP contribution in [0.1, 0.15) is 52.4 Å². The summed E-state index contributed by atoms with van der Waals surface area (Å²) in [7, 11) is 0. The largest absolute Gasteiger partial charge is 0.370 e. The average molecular weight is 426 g/mol. The number of carbonyl (C=O) groups is 4. The van der Waals surface area contributed by atoms with E-state index >= 15 is 0 Å². The maximum atomic E-state index is 13.2. The summed E-state index contributed by atoms with van der Waals surface area (Å²) in [6, 6.07) is -2.34. The minimum Gasteiger partial charge on any atom is -0.370 e. The summed E-state index contributed by atoms with van der Waals surface area (Å²) in [5, 5.41) is 12.6. The Balaban J connectivity index is 2.88. The summed E-state index contributed by atoms with van der Waals surface area (Å²) in [6.07, 6.45) is 1.88. The van der Waals surface area contributed by atoms with Gasteiger partial charge in [0.05, 0.1) is 18.5 Å². The van der Waals surface area contributed by atoms with Gasteiger partial charge in [-0.15, -0.1) is 0 Å². The van der Waals surface area contributed by atoms with E-state index in [-0.39, 0.29) is 24.2 Å². The minimum absolute atomic E-state index is 0.183. The van der Waals surface area contributed by atoms with Crippen LogP contribution in [0, 0.1) is 11.3 Å². The first-order valence-electron chi connectivity index (χ1n) is 10.3. The summed E-state index contributed by atoms with van der Waals surface area (Å²) in [5.41, 5.74) is 16.3. The summed E-state index contributed by atoms with van der Waals surface area (Å²) in [5.74, 6) is -1.91. The summed E-state index contributed by atoms with van der Waals surface area (Å²) < 4.78 is 0. The third kappa shape index (κ3) is 8.36. The van der Waals surface area contributed by atoms with E-state index in [0.29, 0.717) is 38.8 Å².